The maximum atomic E-state index is 5.60. The summed E-state index contributed by atoms with van der Waals surface area (Å²) in [6.45, 7) is 4.21. The van der Waals surface area contributed by atoms with E-state index in [2.05, 4.69) is 52.9 Å². The summed E-state index contributed by atoms with van der Waals surface area (Å²) < 4.78 is 5.60. The molecule has 2 heterocycles. The minimum atomic E-state index is 0.00269. The average molecular weight is 303 g/mol. The van der Waals surface area contributed by atoms with Gasteiger partial charge in [0.25, 0.3) is 0 Å². The highest BCUT2D eigenvalue weighted by atomic mass is 32.2. The van der Waals surface area contributed by atoms with Crippen molar-refractivity contribution in [3.8, 4) is 11.4 Å². The summed E-state index contributed by atoms with van der Waals surface area (Å²) in [6, 6.07) is 8.29. The van der Waals surface area contributed by atoms with E-state index in [1.807, 2.05) is 0 Å². The standard InChI is InChI=1S/C16H21N3OS/c1-3-16(9-4-10-17-11-16)15-18-14(19-20-15)12-5-7-13(21-2)8-6-12/h5-8,17H,3-4,9-11H2,1-2H3. The van der Waals surface area contributed by atoms with Crippen LogP contribution in [0.25, 0.3) is 11.4 Å². The van der Waals surface area contributed by atoms with Gasteiger partial charge in [0.15, 0.2) is 0 Å². The van der Waals surface area contributed by atoms with Crippen LogP contribution in [0.5, 0.6) is 0 Å². The zero-order valence-electron chi connectivity index (χ0n) is 12.6. The first kappa shape index (κ1) is 14.6. The molecule has 0 aliphatic carbocycles. The molecule has 3 rings (SSSR count). The fourth-order valence-corrected chi connectivity index (χ4v) is 3.31. The zero-order valence-corrected chi connectivity index (χ0v) is 13.4. The molecule has 0 spiro atoms. The predicted molar refractivity (Wildman–Crippen MR) is 85.6 cm³/mol. The molecule has 4 nitrogen and oxygen atoms in total. The second kappa shape index (κ2) is 6.20. The van der Waals surface area contributed by atoms with Gasteiger partial charge in [-0.1, -0.05) is 12.1 Å². The van der Waals surface area contributed by atoms with Gasteiger partial charge in [-0.15, -0.1) is 11.8 Å². The molecule has 1 aromatic carbocycles. The van der Waals surface area contributed by atoms with Crippen LogP contribution in [0.2, 0.25) is 0 Å². The Hall–Kier alpha value is -1.33. The lowest BCUT2D eigenvalue weighted by Gasteiger charge is -2.33. The van der Waals surface area contributed by atoms with Gasteiger partial charge in [-0.3, -0.25) is 0 Å². The monoisotopic (exact) mass is 303 g/mol. The van der Waals surface area contributed by atoms with Gasteiger partial charge in [0.2, 0.25) is 11.7 Å². The quantitative estimate of drug-likeness (QED) is 0.876. The van der Waals surface area contributed by atoms with Crippen molar-refractivity contribution >= 4 is 11.8 Å². The van der Waals surface area contributed by atoms with Gasteiger partial charge < -0.3 is 9.84 Å². The Kier molecular flexibility index (Phi) is 4.31. The van der Waals surface area contributed by atoms with E-state index in [1.165, 1.54) is 4.90 Å². The van der Waals surface area contributed by atoms with Crippen LogP contribution in [-0.2, 0) is 5.41 Å². The number of hydrogen-bond donors (Lipinski definition) is 1. The smallest absolute Gasteiger partial charge is 0.234 e. The van der Waals surface area contributed by atoms with Crippen molar-refractivity contribution in [3.63, 3.8) is 0 Å². The van der Waals surface area contributed by atoms with Gasteiger partial charge in [-0.2, -0.15) is 4.98 Å². The highest BCUT2D eigenvalue weighted by Gasteiger charge is 2.37. The van der Waals surface area contributed by atoms with Crippen LogP contribution in [-0.4, -0.2) is 29.5 Å². The van der Waals surface area contributed by atoms with Crippen LogP contribution < -0.4 is 5.32 Å². The Morgan fingerprint density at radius 1 is 1.33 bits per heavy atom. The van der Waals surface area contributed by atoms with Crippen LogP contribution in [0, 0.1) is 0 Å². The minimum absolute atomic E-state index is 0.00269. The molecule has 1 aliphatic rings. The maximum absolute atomic E-state index is 5.60. The number of benzene rings is 1. The number of aromatic nitrogens is 2. The van der Waals surface area contributed by atoms with Gasteiger partial charge in [0, 0.05) is 17.0 Å². The molecule has 21 heavy (non-hydrogen) atoms. The molecule has 112 valence electrons. The molecule has 0 amide bonds. The lowest BCUT2D eigenvalue weighted by atomic mass is 9.78. The molecule has 1 saturated heterocycles. The van der Waals surface area contributed by atoms with Crippen LogP contribution in [0.4, 0.5) is 0 Å². The largest absolute Gasteiger partial charge is 0.338 e. The normalized spacial score (nSPS) is 22.4. The van der Waals surface area contributed by atoms with Crippen molar-refractivity contribution in [1.82, 2.24) is 15.5 Å². The lowest BCUT2D eigenvalue weighted by molar-refractivity contribution is 0.221. The number of hydrogen-bond acceptors (Lipinski definition) is 5. The number of nitrogens with one attached hydrogen (secondary N) is 1. The summed E-state index contributed by atoms with van der Waals surface area (Å²) in [5.41, 5.74) is 1.01. The third-order valence-electron chi connectivity index (χ3n) is 4.38. The predicted octanol–water partition coefficient (Wildman–Crippen LogP) is 3.49. The van der Waals surface area contributed by atoms with E-state index < -0.39 is 0 Å². The molecule has 1 aromatic heterocycles. The molecule has 1 N–H and O–H groups in total. The van der Waals surface area contributed by atoms with E-state index in [0.717, 1.165) is 43.8 Å². The fourth-order valence-electron chi connectivity index (χ4n) is 2.90. The number of thioether (sulfide) groups is 1. The average Bonchev–Trinajstić information content (AvgIpc) is 3.06. The molecule has 1 atom stereocenters. The van der Waals surface area contributed by atoms with E-state index in [-0.39, 0.29) is 5.41 Å². The van der Waals surface area contributed by atoms with E-state index in [4.69, 9.17) is 4.52 Å². The summed E-state index contributed by atoms with van der Waals surface area (Å²) in [4.78, 5) is 5.92. The summed E-state index contributed by atoms with van der Waals surface area (Å²) in [7, 11) is 0. The van der Waals surface area contributed by atoms with Crippen molar-refractivity contribution in [1.29, 1.82) is 0 Å². The summed E-state index contributed by atoms with van der Waals surface area (Å²) >= 11 is 1.73. The van der Waals surface area contributed by atoms with E-state index in [1.54, 1.807) is 11.8 Å². The molecular weight excluding hydrogens is 282 g/mol. The Balaban J connectivity index is 1.87. The number of nitrogens with zero attached hydrogens (tertiary/aromatic N) is 2. The summed E-state index contributed by atoms with van der Waals surface area (Å²) in [5.74, 6) is 1.47. The number of rotatable bonds is 4. The second-order valence-electron chi connectivity index (χ2n) is 5.57. The SMILES string of the molecule is CCC1(c2nc(-c3ccc(SC)cc3)no2)CCCNC1. The van der Waals surface area contributed by atoms with Crippen LogP contribution >= 0.6 is 11.8 Å². The Bertz CT molecular complexity index is 588. The first-order chi connectivity index (χ1) is 10.3. The molecule has 0 radical (unpaired) electrons. The Labute approximate surface area is 129 Å². The zero-order chi connectivity index (χ0) is 14.7. The van der Waals surface area contributed by atoms with Crippen LogP contribution in [0.15, 0.2) is 33.7 Å². The summed E-state index contributed by atoms with van der Waals surface area (Å²) in [6.07, 6.45) is 5.37. The number of piperidine rings is 1. The van der Waals surface area contributed by atoms with E-state index in [9.17, 15) is 0 Å². The van der Waals surface area contributed by atoms with Crippen molar-refractivity contribution in [2.75, 3.05) is 19.3 Å². The van der Waals surface area contributed by atoms with Crippen molar-refractivity contribution in [3.05, 3.63) is 30.2 Å². The molecular formula is C16H21N3OS. The van der Waals surface area contributed by atoms with Crippen molar-refractivity contribution in [2.45, 2.75) is 36.5 Å². The molecule has 0 bridgehead atoms. The second-order valence-corrected chi connectivity index (χ2v) is 6.45. The van der Waals surface area contributed by atoms with Crippen LogP contribution in [0.3, 0.4) is 0 Å². The first-order valence-electron chi connectivity index (χ1n) is 7.47. The molecule has 1 aliphatic heterocycles. The third kappa shape index (κ3) is 2.85. The first-order valence-corrected chi connectivity index (χ1v) is 8.69. The minimum Gasteiger partial charge on any atom is -0.338 e. The molecule has 2 aromatic rings. The molecule has 1 unspecified atom stereocenters. The van der Waals surface area contributed by atoms with Gasteiger partial charge in [0.1, 0.15) is 0 Å². The fraction of sp³-hybridized carbons (Fsp3) is 0.500. The molecule has 1 fully saturated rings. The lowest BCUT2D eigenvalue weighted by Crippen LogP contribution is -2.43. The van der Waals surface area contributed by atoms with Gasteiger partial charge in [-0.05, 0) is 56.3 Å². The highest BCUT2D eigenvalue weighted by molar-refractivity contribution is 7.98. The Morgan fingerprint density at radius 3 is 2.76 bits per heavy atom. The highest BCUT2D eigenvalue weighted by Crippen LogP contribution is 2.34. The van der Waals surface area contributed by atoms with Crippen molar-refractivity contribution in [2.24, 2.45) is 0 Å². The maximum Gasteiger partial charge on any atom is 0.234 e. The van der Waals surface area contributed by atoms with Crippen LogP contribution in [0.1, 0.15) is 32.1 Å². The molecule has 0 saturated carbocycles. The van der Waals surface area contributed by atoms with Gasteiger partial charge >= 0.3 is 0 Å². The van der Waals surface area contributed by atoms with E-state index in [0.29, 0.717) is 5.82 Å². The topological polar surface area (TPSA) is 51.0 Å². The van der Waals surface area contributed by atoms with Gasteiger partial charge in [0.05, 0.1) is 5.41 Å². The van der Waals surface area contributed by atoms with Gasteiger partial charge in [-0.25, -0.2) is 0 Å². The van der Waals surface area contributed by atoms with E-state index >= 15 is 0 Å². The summed E-state index contributed by atoms with van der Waals surface area (Å²) in [5, 5.41) is 7.65. The Morgan fingerprint density at radius 2 is 2.14 bits per heavy atom. The van der Waals surface area contributed by atoms with Crippen molar-refractivity contribution < 1.29 is 4.52 Å². The third-order valence-corrected chi connectivity index (χ3v) is 5.12. The molecule has 5 heteroatoms.